The van der Waals surface area contributed by atoms with E-state index < -0.39 is 23.1 Å². The van der Waals surface area contributed by atoms with Gasteiger partial charge in [0.25, 0.3) is 0 Å². The summed E-state index contributed by atoms with van der Waals surface area (Å²) in [6.07, 6.45) is 0.418. The Morgan fingerprint density at radius 3 is 2.60 bits per heavy atom. The standard InChI is InChI=1S/C14H17ClFNO3/c1-3-14(2,8-13(19)20)7-12(18)17-11-6-9(15)4-5-10(11)16/h4-6H,3,7-8H2,1-2H3,(H,17,18)(H,19,20). The number of benzene rings is 1. The Morgan fingerprint density at radius 1 is 1.40 bits per heavy atom. The third-order valence-electron chi connectivity index (χ3n) is 3.22. The third-order valence-corrected chi connectivity index (χ3v) is 3.46. The minimum Gasteiger partial charge on any atom is -0.481 e. The highest BCUT2D eigenvalue weighted by atomic mass is 35.5. The molecule has 0 radical (unpaired) electrons. The number of carbonyl (C=O) groups is 2. The van der Waals surface area contributed by atoms with Crippen LogP contribution >= 0.6 is 11.6 Å². The maximum absolute atomic E-state index is 13.5. The highest BCUT2D eigenvalue weighted by Gasteiger charge is 2.28. The van der Waals surface area contributed by atoms with E-state index in [0.29, 0.717) is 11.4 Å². The number of nitrogens with one attached hydrogen (secondary N) is 1. The van der Waals surface area contributed by atoms with Crippen molar-refractivity contribution >= 4 is 29.2 Å². The van der Waals surface area contributed by atoms with Gasteiger partial charge in [-0.2, -0.15) is 0 Å². The molecule has 0 fully saturated rings. The SMILES string of the molecule is CCC(C)(CC(=O)O)CC(=O)Nc1cc(Cl)ccc1F. The molecule has 0 heterocycles. The number of carboxylic acid groups (broad SMARTS) is 1. The summed E-state index contributed by atoms with van der Waals surface area (Å²) in [5, 5.41) is 11.6. The highest BCUT2D eigenvalue weighted by Crippen LogP contribution is 2.31. The van der Waals surface area contributed by atoms with E-state index in [2.05, 4.69) is 5.32 Å². The smallest absolute Gasteiger partial charge is 0.303 e. The highest BCUT2D eigenvalue weighted by molar-refractivity contribution is 6.30. The fourth-order valence-electron chi connectivity index (χ4n) is 1.85. The van der Waals surface area contributed by atoms with Crippen LogP contribution in [0.15, 0.2) is 18.2 Å². The van der Waals surface area contributed by atoms with Gasteiger partial charge in [0.1, 0.15) is 5.82 Å². The normalized spacial score (nSPS) is 13.6. The molecule has 0 aliphatic carbocycles. The largest absolute Gasteiger partial charge is 0.481 e. The number of carboxylic acids is 1. The Kier molecular flexibility index (Phi) is 5.51. The van der Waals surface area contributed by atoms with Crippen molar-refractivity contribution in [2.45, 2.75) is 33.1 Å². The average molecular weight is 302 g/mol. The first kappa shape index (κ1) is 16.4. The minimum atomic E-state index is -0.962. The molecule has 0 spiro atoms. The summed E-state index contributed by atoms with van der Waals surface area (Å²) in [7, 11) is 0. The number of halogens is 2. The third kappa shape index (κ3) is 4.81. The molecule has 0 bridgehead atoms. The Balaban J connectivity index is 2.76. The van der Waals surface area contributed by atoms with Gasteiger partial charge in [-0.05, 0) is 30.0 Å². The first-order valence-corrected chi connectivity index (χ1v) is 6.60. The van der Waals surface area contributed by atoms with Gasteiger partial charge in [-0.3, -0.25) is 9.59 Å². The number of anilines is 1. The van der Waals surface area contributed by atoms with Crippen molar-refractivity contribution in [3.8, 4) is 0 Å². The van der Waals surface area contributed by atoms with Crippen molar-refractivity contribution in [1.82, 2.24) is 0 Å². The number of carbonyl (C=O) groups excluding carboxylic acids is 1. The van der Waals surface area contributed by atoms with Crippen molar-refractivity contribution in [2.75, 3.05) is 5.32 Å². The zero-order valence-electron chi connectivity index (χ0n) is 11.4. The lowest BCUT2D eigenvalue weighted by Gasteiger charge is -2.25. The van der Waals surface area contributed by atoms with Crippen molar-refractivity contribution in [2.24, 2.45) is 5.41 Å². The first-order chi connectivity index (χ1) is 9.25. The lowest BCUT2D eigenvalue weighted by molar-refractivity contribution is -0.140. The molecule has 110 valence electrons. The van der Waals surface area contributed by atoms with Gasteiger partial charge < -0.3 is 10.4 Å². The predicted octanol–water partition coefficient (Wildman–Crippen LogP) is 3.70. The van der Waals surface area contributed by atoms with Gasteiger partial charge in [0.05, 0.1) is 12.1 Å². The van der Waals surface area contributed by atoms with Crippen LogP contribution in [0.1, 0.15) is 33.1 Å². The quantitative estimate of drug-likeness (QED) is 0.842. The fraction of sp³-hybridized carbons (Fsp3) is 0.429. The molecule has 1 amide bonds. The van der Waals surface area contributed by atoms with Crippen LogP contribution < -0.4 is 5.32 Å². The van der Waals surface area contributed by atoms with Gasteiger partial charge in [0, 0.05) is 11.4 Å². The number of hydrogen-bond acceptors (Lipinski definition) is 2. The van der Waals surface area contributed by atoms with E-state index in [9.17, 15) is 14.0 Å². The van der Waals surface area contributed by atoms with E-state index in [4.69, 9.17) is 16.7 Å². The molecule has 0 saturated carbocycles. The van der Waals surface area contributed by atoms with Crippen LogP contribution in [0.2, 0.25) is 5.02 Å². The molecule has 0 saturated heterocycles. The monoisotopic (exact) mass is 301 g/mol. The average Bonchev–Trinajstić information content (AvgIpc) is 2.32. The molecule has 4 nitrogen and oxygen atoms in total. The molecule has 1 aromatic carbocycles. The van der Waals surface area contributed by atoms with Crippen molar-refractivity contribution in [3.05, 3.63) is 29.0 Å². The van der Waals surface area contributed by atoms with E-state index in [1.807, 2.05) is 6.92 Å². The fourth-order valence-corrected chi connectivity index (χ4v) is 2.02. The van der Waals surface area contributed by atoms with Crippen molar-refractivity contribution < 1.29 is 19.1 Å². The molecule has 20 heavy (non-hydrogen) atoms. The summed E-state index contributed by atoms with van der Waals surface area (Å²) >= 11 is 5.73. The second-order valence-electron chi connectivity index (χ2n) is 5.08. The zero-order valence-corrected chi connectivity index (χ0v) is 12.1. The summed E-state index contributed by atoms with van der Waals surface area (Å²) in [6, 6.07) is 3.86. The zero-order chi connectivity index (χ0) is 15.3. The topological polar surface area (TPSA) is 66.4 Å². The van der Waals surface area contributed by atoms with Crippen LogP contribution in [0.25, 0.3) is 0 Å². The molecule has 0 aromatic heterocycles. The summed E-state index contributed by atoms with van der Waals surface area (Å²) in [6.45, 7) is 3.53. The number of hydrogen-bond donors (Lipinski definition) is 2. The van der Waals surface area contributed by atoms with Crippen molar-refractivity contribution in [3.63, 3.8) is 0 Å². The van der Waals surface area contributed by atoms with E-state index in [0.717, 1.165) is 6.07 Å². The first-order valence-electron chi connectivity index (χ1n) is 6.22. The molecule has 1 unspecified atom stereocenters. The van der Waals surface area contributed by atoms with Crippen LogP contribution in [0, 0.1) is 11.2 Å². The molecule has 1 aromatic rings. The summed E-state index contributed by atoms with van der Waals surface area (Å²) < 4.78 is 13.5. The molecule has 1 rings (SSSR count). The molecule has 0 aliphatic rings. The molecule has 0 aliphatic heterocycles. The Labute approximate surface area is 121 Å². The number of aliphatic carboxylic acids is 1. The molecular formula is C14H17ClFNO3. The van der Waals surface area contributed by atoms with Crippen LogP contribution in [-0.2, 0) is 9.59 Å². The van der Waals surface area contributed by atoms with Gasteiger partial charge in [-0.1, -0.05) is 25.4 Å². The maximum Gasteiger partial charge on any atom is 0.303 e. The summed E-state index contributed by atoms with van der Waals surface area (Å²) in [5.41, 5.74) is -0.665. The molecular weight excluding hydrogens is 285 g/mol. The van der Waals surface area contributed by atoms with E-state index in [-0.39, 0.29) is 18.5 Å². The molecule has 2 N–H and O–H groups in total. The van der Waals surface area contributed by atoms with Gasteiger partial charge in [0.2, 0.25) is 5.91 Å². The van der Waals surface area contributed by atoms with Crippen molar-refractivity contribution in [1.29, 1.82) is 0 Å². The van der Waals surface area contributed by atoms with Gasteiger partial charge >= 0.3 is 5.97 Å². The van der Waals surface area contributed by atoms with Crippen LogP contribution in [-0.4, -0.2) is 17.0 Å². The predicted molar refractivity (Wildman–Crippen MR) is 75.3 cm³/mol. The van der Waals surface area contributed by atoms with Gasteiger partial charge in [-0.15, -0.1) is 0 Å². The number of amides is 1. The maximum atomic E-state index is 13.5. The van der Waals surface area contributed by atoms with E-state index >= 15 is 0 Å². The lowest BCUT2D eigenvalue weighted by Crippen LogP contribution is -2.27. The summed E-state index contributed by atoms with van der Waals surface area (Å²) in [4.78, 5) is 22.7. The van der Waals surface area contributed by atoms with E-state index in [1.54, 1.807) is 6.92 Å². The summed E-state index contributed by atoms with van der Waals surface area (Å²) in [5.74, 6) is -1.98. The van der Waals surface area contributed by atoms with Crippen LogP contribution in [0.4, 0.5) is 10.1 Å². The second kappa shape index (κ2) is 6.70. The Bertz CT molecular complexity index is 521. The van der Waals surface area contributed by atoms with Gasteiger partial charge in [-0.25, -0.2) is 4.39 Å². The second-order valence-corrected chi connectivity index (χ2v) is 5.52. The van der Waals surface area contributed by atoms with E-state index in [1.165, 1.54) is 12.1 Å². The lowest BCUT2D eigenvalue weighted by atomic mass is 9.80. The van der Waals surface area contributed by atoms with Crippen LogP contribution in [0.3, 0.4) is 0 Å². The van der Waals surface area contributed by atoms with Crippen LogP contribution in [0.5, 0.6) is 0 Å². The molecule has 1 atom stereocenters. The van der Waals surface area contributed by atoms with Gasteiger partial charge in [0.15, 0.2) is 0 Å². The minimum absolute atomic E-state index is 0.00174. The Hall–Kier alpha value is -1.62. The number of rotatable bonds is 6. The Morgan fingerprint density at radius 2 is 2.05 bits per heavy atom. The molecule has 6 heteroatoms.